The molecule has 17 nitrogen and oxygen atoms in total. The number of carbonyl (C=O) groups excluding carboxylic acids is 7. The van der Waals surface area contributed by atoms with E-state index in [4.69, 9.17) is 9.47 Å². The third-order valence-corrected chi connectivity index (χ3v) is 8.81. The summed E-state index contributed by atoms with van der Waals surface area (Å²) in [4.78, 5) is 98.1. The third-order valence-electron chi connectivity index (χ3n) is 8.81. The van der Waals surface area contributed by atoms with Gasteiger partial charge >= 0.3 is 29.4 Å². The Bertz CT molecular complexity index is 2100. The van der Waals surface area contributed by atoms with Crippen molar-refractivity contribution in [1.29, 1.82) is 0 Å². The second-order valence-corrected chi connectivity index (χ2v) is 13.3. The standard InChI is InChI=1S/C43H42N8O9/c1-27(46-40(55)33(23-29-15-7-3-8-16-29)48-42(57)59-25-31-19-11-5-12-20-31)37(52)35(50-44)39(54)36(51-45)38(53)28(2)47-41(56)34(24-30-17-9-4-10-18-30)49-43(58)60-26-32-21-13-6-14-22-32/h3-22,27-28,33-34H,23-26H2,1-2H3,(H,46,55)(H,47,56)(H,48,57)(H,49,58)/t27-,28-,33-,34-/m0/s1. The molecule has 0 fully saturated rings. The van der Waals surface area contributed by atoms with Gasteiger partial charge in [-0.25, -0.2) is 9.59 Å². The van der Waals surface area contributed by atoms with E-state index in [1.165, 1.54) is 0 Å². The highest BCUT2D eigenvalue weighted by Gasteiger charge is 2.46. The van der Waals surface area contributed by atoms with Gasteiger partial charge in [0.15, 0.2) is 0 Å². The topological polar surface area (TPSA) is 259 Å². The van der Waals surface area contributed by atoms with E-state index in [1.807, 2.05) is 0 Å². The molecule has 4 atom stereocenters. The van der Waals surface area contributed by atoms with E-state index < -0.39 is 76.9 Å². The minimum atomic E-state index is -1.64. The average molecular weight is 815 g/mol. The number of hydrogen-bond acceptors (Lipinski definition) is 9. The Morgan fingerprint density at radius 2 is 0.783 bits per heavy atom. The molecule has 4 aromatic rings. The number of carbonyl (C=O) groups is 7. The molecule has 0 radical (unpaired) electrons. The summed E-state index contributed by atoms with van der Waals surface area (Å²) in [6, 6.07) is 29.0. The molecule has 4 N–H and O–H groups in total. The molecule has 0 saturated heterocycles. The molecular weight excluding hydrogens is 773 g/mol. The van der Waals surface area contributed by atoms with Gasteiger partial charge in [-0.2, -0.15) is 9.58 Å². The number of Topliss-reactive ketones (excluding diaryl/α,β-unsaturated/α-hetero) is 3. The normalized spacial score (nSPS) is 12.3. The molecule has 17 heteroatoms. The van der Waals surface area contributed by atoms with Crippen LogP contribution in [0, 0.1) is 0 Å². The first-order valence-electron chi connectivity index (χ1n) is 18.6. The van der Waals surface area contributed by atoms with Crippen LogP contribution in [0.15, 0.2) is 121 Å². The lowest BCUT2D eigenvalue weighted by molar-refractivity contribution is -0.131. The quantitative estimate of drug-likeness (QED) is 0.0442. The maximum atomic E-state index is 13.5. The lowest BCUT2D eigenvalue weighted by Crippen LogP contribution is -2.55. The maximum Gasteiger partial charge on any atom is 0.415 e. The van der Waals surface area contributed by atoms with Gasteiger partial charge in [0.1, 0.15) is 25.3 Å². The summed E-state index contributed by atoms with van der Waals surface area (Å²) in [6.45, 7) is 2.11. The Labute approximate surface area is 344 Å². The van der Waals surface area contributed by atoms with Gasteiger partial charge in [-0.05, 0) is 36.1 Å². The van der Waals surface area contributed by atoms with Crippen LogP contribution in [0.2, 0.25) is 0 Å². The highest BCUT2D eigenvalue weighted by molar-refractivity contribution is 6.87. The van der Waals surface area contributed by atoms with Crippen molar-refractivity contribution in [3.05, 3.63) is 155 Å². The van der Waals surface area contributed by atoms with Crippen LogP contribution < -0.4 is 21.3 Å². The monoisotopic (exact) mass is 814 g/mol. The lowest BCUT2D eigenvalue weighted by atomic mass is 9.97. The Morgan fingerprint density at radius 1 is 0.483 bits per heavy atom. The number of benzene rings is 4. The van der Waals surface area contributed by atoms with Gasteiger partial charge in [0, 0.05) is 12.8 Å². The predicted octanol–water partition coefficient (Wildman–Crippen LogP) is 3.12. The van der Waals surface area contributed by atoms with Gasteiger partial charge in [-0.3, -0.25) is 24.0 Å². The van der Waals surface area contributed by atoms with Crippen molar-refractivity contribution in [2.24, 2.45) is 0 Å². The lowest BCUT2D eigenvalue weighted by Gasteiger charge is -2.20. The van der Waals surface area contributed by atoms with Gasteiger partial charge in [-0.15, -0.1) is 0 Å². The summed E-state index contributed by atoms with van der Waals surface area (Å²) in [5.41, 5.74) is 19.6. The Balaban J connectivity index is 1.41. The number of rotatable bonds is 20. The average Bonchev–Trinajstić information content (AvgIpc) is 3.26. The van der Waals surface area contributed by atoms with Gasteiger partial charge in [0.05, 0.1) is 12.1 Å². The summed E-state index contributed by atoms with van der Waals surface area (Å²) in [5, 5.41) is 9.65. The summed E-state index contributed by atoms with van der Waals surface area (Å²) < 4.78 is 10.5. The molecule has 0 saturated carbocycles. The molecule has 0 aliphatic heterocycles. The fourth-order valence-corrected chi connectivity index (χ4v) is 5.63. The van der Waals surface area contributed by atoms with E-state index in [0.29, 0.717) is 22.3 Å². The zero-order valence-corrected chi connectivity index (χ0v) is 32.6. The highest BCUT2D eigenvalue weighted by atomic mass is 16.6. The van der Waals surface area contributed by atoms with Crippen LogP contribution in [-0.2, 0) is 59.5 Å². The number of nitrogens with zero attached hydrogens (tertiary/aromatic N) is 4. The molecule has 0 unspecified atom stereocenters. The van der Waals surface area contributed by atoms with Gasteiger partial charge in [-0.1, -0.05) is 121 Å². The summed E-state index contributed by atoms with van der Waals surface area (Å²) in [5.74, 6) is -6.00. The van der Waals surface area contributed by atoms with E-state index >= 15 is 0 Å². The van der Waals surface area contributed by atoms with Gasteiger partial charge < -0.3 is 41.8 Å². The van der Waals surface area contributed by atoms with E-state index in [2.05, 4.69) is 30.8 Å². The second kappa shape index (κ2) is 22.8. The largest absolute Gasteiger partial charge is 0.445 e. The minimum absolute atomic E-state index is 0.0378. The zero-order valence-electron chi connectivity index (χ0n) is 32.6. The van der Waals surface area contributed by atoms with Crippen LogP contribution in [0.25, 0.3) is 11.1 Å². The number of nitrogens with one attached hydrogen (secondary N) is 4. The van der Waals surface area contributed by atoms with Crippen LogP contribution in [0.3, 0.4) is 0 Å². The van der Waals surface area contributed by atoms with Crippen LogP contribution in [0.1, 0.15) is 36.1 Å². The highest BCUT2D eigenvalue weighted by Crippen LogP contribution is 2.09. The maximum absolute atomic E-state index is 13.5. The number of ketones is 3. The Hall–Kier alpha value is -7.87. The van der Waals surface area contributed by atoms with E-state index in [1.54, 1.807) is 121 Å². The number of alkyl carbamates (subject to hydrolysis) is 2. The van der Waals surface area contributed by atoms with Crippen molar-refractivity contribution >= 4 is 52.8 Å². The van der Waals surface area contributed by atoms with Crippen LogP contribution in [0.4, 0.5) is 9.59 Å². The molecule has 4 rings (SSSR count). The molecule has 4 amide bonds. The van der Waals surface area contributed by atoms with Crippen LogP contribution in [0.5, 0.6) is 0 Å². The molecule has 4 aromatic carbocycles. The SMILES string of the molecule is C[C@H](NC(=O)[C@H](Cc1ccccc1)NC(=O)OCc1ccccc1)C(=O)C(=[N+]=[N-])C(=O)C(=[N+]=[N-])C(=O)[C@H](C)NC(=O)[C@H](Cc1ccccc1)NC(=O)OCc1ccccc1. The number of hydrogen-bond donors (Lipinski definition) is 4. The van der Waals surface area contributed by atoms with Crippen molar-refractivity contribution in [1.82, 2.24) is 21.3 Å². The summed E-state index contributed by atoms with van der Waals surface area (Å²) in [6.07, 6.45) is -1.95. The van der Waals surface area contributed by atoms with E-state index in [9.17, 15) is 44.6 Å². The van der Waals surface area contributed by atoms with Crippen molar-refractivity contribution in [3.8, 4) is 0 Å². The van der Waals surface area contributed by atoms with Crippen LogP contribution in [-0.4, -0.2) is 86.5 Å². The zero-order chi connectivity index (χ0) is 43.4. The molecule has 60 heavy (non-hydrogen) atoms. The summed E-state index contributed by atoms with van der Waals surface area (Å²) in [7, 11) is 0. The fourth-order valence-electron chi connectivity index (χ4n) is 5.63. The molecule has 0 heterocycles. The first kappa shape index (κ1) is 44.8. The van der Waals surface area contributed by atoms with Crippen molar-refractivity contribution in [3.63, 3.8) is 0 Å². The van der Waals surface area contributed by atoms with E-state index in [0.717, 1.165) is 13.8 Å². The van der Waals surface area contributed by atoms with Crippen LogP contribution >= 0.6 is 0 Å². The predicted molar refractivity (Wildman–Crippen MR) is 215 cm³/mol. The molecule has 0 bridgehead atoms. The molecule has 0 aliphatic carbocycles. The minimum Gasteiger partial charge on any atom is -0.445 e. The van der Waals surface area contributed by atoms with Crippen molar-refractivity contribution in [2.45, 2.75) is 64.1 Å². The first-order chi connectivity index (χ1) is 28.9. The number of ether oxygens (including phenoxy) is 2. The molecule has 0 aliphatic rings. The third kappa shape index (κ3) is 13.7. The van der Waals surface area contributed by atoms with Crippen molar-refractivity contribution in [2.75, 3.05) is 0 Å². The second-order valence-electron chi connectivity index (χ2n) is 13.3. The van der Waals surface area contributed by atoms with Gasteiger partial charge in [0.25, 0.3) is 11.6 Å². The Kier molecular flexibility index (Phi) is 17.0. The summed E-state index contributed by atoms with van der Waals surface area (Å²) >= 11 is 0. The number of amides is 4. The molecule has 0 spiro atoms. The Morgan fingerprint density at radius 3 is 1.08 bits per heavy atom. The fraction of sp³-hybridized carbons (Fsp3) is 0.233. The molecule has 308 valence electrons. The molecule has 0 aromatic heterocycles. The van der Waals surface area contributed by atoms with Crippen molar-refractivity contribution < 1.29 is 52.6 Å². The smallest absolute Gasteiger partial charge is 0.415 e. The molecular formula is C43H42N8O9. The first-order valence-corrected chi connectivity index (χ1v) is 18.6. The van der Waals surface area contributed by atoms with Gasteiger partial charge in [0.2, 0.25) is 11.8 Å². The van der Waals surface area contributed by atoms with E-state index in [-0.39, 0.29) is 26.1 Å².